The van der Waals surface area contributed by atoms with Gasteiger partial charge in [-0.2, -0.15) is 5.10 Å². The molecule has 94 valence electrons. The highest BCUT2D eigenvalue weighted by atomic mass is 16.3. The maximum atomic E-state index is 12.2. The average Bonchev–Trinajstić information content (AvgIpc) is 2.84. The van der Waals surface area contributed by atoms with Crippen LogP contribution in [-0.4, -0.2) is 44.9 Å². The number of carbonyl (C=O) groups excluding carboxylic acids is 1. The first kappa shape index (κ1) is 12.1. The number of carbonyl (C=O) groups is 1. The van der Waals surface area contributed by atoms with Crippen molar-refractivity contribution in [2.75, 3.05) is 13.1 Å². The SMILES string of the molecule is CC1CCN(C(=O)C(C)n2cccn2)CC1O. The molecule has 3 unspecified atom stereocenters. The van der Waals surface area contributed by atoms with E-state index in [1.54, 1.807) is 28.0 Å². The fourth-order valence-electron chi connectivity index (χ4n) is 2.14. The molecule has 17 heavy (non-hydrogen) atoms. The molecule has 0 aliphatic carbocycles. The van der Waals surface area contributed by atoms with E-state index in [1.807, 2.05) is 13.8 Å². The Bertz CT molecular complexity index is 377. The van der Waals surface area contributed by atoms with Crippen LogP contribution >= 0.6 is 0 Å². The minimum Gasteiger partial charge on any atom is -0.391 e. The van der Waals surface area contributed by atoms with Crippen molar-refractivity contribution in [3.63, 3.8) is 0 Å². The van der Waals surface area contributed by atoms with Crippen molar-refractivity contribution in [1.82, 2.24) is 14.7 Å². The van der Waals surface area contributed by atoms with Crippen molar-refractivity contribution in [3.8, 4) is 0 Å². The molecule has 2 rings (SSSR count). The van der Waals surface area contributed by atoms with Crippen LogP contribution < -0.4 is 0 Å². The Hall–Kier alpha value is -1.36. The average molecular weight is 237 g/mol. The van der Waals surface area contributed by atoms with Gasteiger partial charge in [0.1, 0.15) is 6.04 Å². The monoisotopic (exact) mass is 237 g/mol. The predicted octanol–water partition coefficient (Wildman–Crippen LogP) is 0.673. The molecule has 0 radical (unpaired) electrons. The number of amides is 1. The van der Waals surface area contributed by atoms with E-state index in [4.69, 9.17) is 0 Å². The van der Waals surface area contributed by atoms with Gasteiger partial charge in [-0.15, -0.1) is 0 Å². The summed E-state index contributed by atoms with van der Waals surface area (Å²) in [5.41, 5.74) is 0. The van der Waals surface area contributed by atoms with Gasteiger partial charge in [0.2, 0.25) is 5.91 Å². The molecule has 1 saturated heterocycles. The minimum absolute atomic E-state index is 0.0275. The Labute approximate surface area is 101 Å². The normalized spacial score (nSPS) is 26.9. The Morgan fingerprint density at radius 1 is 1.59 bits per heavy atom. The number of aliphatic hydroxyl groups is 1. The second-order valence-corrected chi connectivity index (χ2v) is 4.78. The lowest BCUT2D eigenvalue weighted by Gasteiger charge is -2.35. The molecule has 1 aromatic rings. The van der Waals surface area contributed by atoms with Crippen LogP contribution in [0.15, 0.2) is 18.5 Å². The molecule has 1 aliphatic heterocycles. The summed E-state index contributed by atoms with van der Waals surface area (Å²) >= 11 is 0. The van der Waals surface area contributed by atoms with Gasteiger partial charge in [-0.25, -0.2) is 0 Å². The molecule has 0 aromatic carbocycles. The van der Waals surface area contributed by atoms with Crippen LogP contribution in [0.4, 0.5) is 0 Å². The largest absolute Gasteiger partial charge is 0.391 e. The molecule has 3 atom stereocenters. The molecule has 0 spiro atoms. The molecule has 0 bridgehead atoms. The third-order valence-corrected chi connectivity index (χ3v) is 3.51. The first-order valence-corrected chi connectivity index (χ1v) is 6.05. The van der Waals surface area contributed by atoms with Crippen LogP contribution in [0.25, 0.3) is 0 Å². The summed E-state index contributed by atoms with van der Waals surface area (Å²) in [7, 11) is 0. The van der Waals surface area contributed by atoms with E-state index in [-0.39, 0.29) is 17.9 Å². The Balaban J connectivity index is 2.01. The van der Waals surface area contributed by atoms with Crippen LogP contribution in [-0.2, 0) is 4.79 Å². The molecule has 5 nitrogen and oxygen atoms in total. The Morgan fingerprint density at radius 3 is 2.94 bits per heavy atom. The third-order valence-electron chi connectivity index (χ3n) is 3.51. The van der Waals surface area contributed by atoms with Gasteiger partial charge in [0, 0.05) is 25.5 Å². The summed E-state index contributed by atoms with van der Waals surface area (Å²) in [4.78, 5) is 13.9. The number of nitrogens with zero attached hydrogens (tertiary/aromatic N) is 3. The molecule has 5 heteroatoms. The molecule has 2 heterocycles. The fourth-order valence-corrected chi connectivity index (χ4v) is 2.14. The van der Waals surface area contributed by atoms with Gasteiger partial charge in [-0.05, 0) is 25.3 Å². The van der Waals surface area contributed by atoms with E-state index in [0.29, 0.717) is 6.54 Å². The highest BCUT2D eigenvalue weighted by molar-refractivity contribution is 5.80. The highest BCUT2D eigenvalue weighted by Crippen LogP contribution is 2.19. The van der Waals surface area contributed by atoms with Crippen LogP contribution in [0.5, 0.6) is 0 Å². The van der Waals surface area contributed by atoms with Crippen molar-refractivity contribution in [3.05, 3.63) is 18.5 Å². The molecular weight excluding hydrogens is 218 g/mol. The summed E-state index contributed by atoms with van der Waals surface area (Å²) in [6.45, 7) is 5.01. The zero-order valence-electron chi connectivity index (χ0n) is 10.3. The maximum absolute atomic E-state index is 12.2. The first-order chi connectivity index (χ1) is 8.09. The van der Waals surface area contributed by atoms with Gasteiger partial charge in [-0.1, -0.05) is 6.92 Å². The molecule has 0 saturated carbocycles. The lowest BCUT2D eigenvalue weighted by atomic mass is 9.96. The summed E-state index contributed by atoms with van der Waals surface area (Å²) in [5, 5.41) is 13.9. The smallest absolute Gasteiger partial charge is 0.247 e. The van der Waals surface area contributed by atoms with Crippen molar-refractivity contribution < 1.29 is 9.90 Å². The number of aliphatic hydroxyl groups excluding tert-OH is 1. The summed E-state index contributed by atoms with van der Waals surface area (Å²) in [6, 6.07) is 1.50. The predicted molar refractivity (Wildman–Crippen MR) is 63.3 cm³/mol. The Kier molecular flexibility index (Phi) is 3.47. The quantitative estimate of drug-likeness (QED) is 0.822. The van der Waals surface area contributed by atoms with Crippen molar-refractivity contribution in [1.29, 1.82) is 0 Å². The number of rotatable bonds is 2. The number of aromatic nitrogens is 2. The molecular formula is C12H19N3O2. The van der Waals surface area contributed by atoms with E-state index in [1.165, 1.54) is 0 Å². The Morgan fingerprint density at radius 2 is 2.35 bits per heavy atom. The number of hydrogen-bond acceptors (Lipinski definition) is 3. The number of likely N-dealkylation sites (tertiary alicyclic amines) is 1. The van der Waals surface area contributed by atoms with Crippen LogP contribution in [0.1, 0.15) is 26.3 Å². The van der Waals surface area contributed by atoms with Gasteiger partial charge in [0.15, 0.2) is 0 Å². The van der Waals surface area contributed by atoms with E-state index >= 15 is 0 Å². The van der Waals surface area contributed by atoms with Crippen LogP contribution in [0.2, 0.25) is 0 Å². The van der Waals surface area contributed by atoms with E-state index in [2.05, 4.69) is 5.10 Å². The maximum Gasteiger partial charge on any atom is 0.247 e. The van der Waals surface area contributed by atoms with Crippen molar-refractivity contribution >= 4 is 5.91 Å². The van der Waals surface area contributed by atoms with E-state index < -0.39 is 6.10 Å². The second-order valence-electron chi connectivity index (χ2n) is 4.78. The van der Waals surface area contributed by atoms with Crippen molar-refractivity contribution in [2.45, 2.75) is 32.4 Å². The van der Waals surface area contributed by atoms with Crippen LogP contribution in [0, 0.1) is 5.92 Å². The molecule has 1 aromatic heterocycles. The van der Waals surface area contributed by atoms with Crippen LogP contribution in [0.3, 0.4) is 0 Å². The van der Waals surface area contributed by atoms with E-state index in [0.717, 1.165) is 13.0 Å². The first-order valence-electron chi connectivity index (χ1n) is 6.05. The highest BCUT2D eigenvalue weighted by Gasteiger charge is 2.30. The zero-order chi connectivity index (χ0) is 12.4. The second kappa shape index (κ2) is 4.87. The molecule has 1 aliphatic rings. The molecule has 1 fully saturated rings. The van der Waals surface area contributed by atoms with Gasteiger partial charge < -0.3 is 10.0 Å². The number of piperidine rings is 1. The summed E-state index contributed by atoms with van der Waals surface area (Å²) in [5.74, 6) is 0.304. The third kappa shape index (κ3) is 2.49. The lowest BCUT2D eigenvalue weighted by molar-refractivity contribution is -0.138. The molecule has 1 N–H and O–H groups in total. The zero-order valence-corrected chi connectivity index (χ0v) is 10.3. The van der Waals surface area contributed by atoms with Crippen molar-refractivity contribution in [2.24, 2.45) is 5.92 Å². The number of β-amino-alcohol motifs (C(OH)–C–C–N with tert-alkyl or cyclic N) is 1. The standard InChI is InChI=1S/C12H19N3O2/c1-9-4-7-14(8-11(9)16)12(17)10(2)15-6-3-5-13-15/h3,5-6,9-11,16H,4,7-8H2,1-2H3. The molecule has 1 amide bonds. The summed E-state index contributed by atoms with van der Waals surface area (Å²) < 4.78 is 1.65. The van der Waals surface area contributed by atoms with Gasteiger partial charge in [0.05, 0.1) is 6.10 Å². The topological polar surface area (TPSA) is 58.4 Å². The number of hydrogen-bond donors (Lipinski definition) is 1. The summed E-state index contributed by atoms with van der Waals surface area (Å²) in [6.07, 6.45) is 3.90. The van der Waals surface area contributed by atoms with Gasteiger partial charge >= 0.3 is 0 Å². The lowest BCUT2D eigenvalue weighted by Crippen LogP contribution is -2.47. The van der Waals surface area contributed by atoms with E-state index in [9.17, 15) is 9.90 Å². The fraction of sp³-hybridized carbons (Fsp3) is 0.667. The van der Waals surface area contributed by atoms with Gasteiger partial charge in [0.25, 0.3) is 0 Å². The minimum atomic E-state index is -0.405. The van der Waals surface area contributed by atoms with Gasteiger partial charge in [-0.3, -0.25) is 9.48 Å².